The molecule has 18 heavy (non-hydrogen) atoms. The molecular weight excluding hydrogens is 283 g/mol. The van der Waals surface area contributed by atoms with Crippen molar-refractivity contribution in [2.45, 2.75) is 6.61 Å². The first kappa shape index (κ1) is 12.8. The molecular formula is C10H6Cl2N2O4. The van der Waals surface area contributed by atoms with E-state index >= 15 is 0 Å². The van der Waals surface area contributed by atoms with Crippen LogP contribution in [0.25, 0.3) is 11.3 Å². The van der Waals surface area contributed by atoms with E-state index in [2.05, 4.69) is 5.16 Å². The van der Waals surface area contributed by atoms with Gasteiger partial charge in [0.2, 0.25) is 5.22 Å². The van der Waals surface area contributed by atoms with Crippen LogP contribution in [0, 0.1) is 10.1 Å². The second kappa shape index (κ2) is 4.93. The van der Waals surface area contributed by atoms with Crippen molar-refractivity contribution < 1.29 is 14.6 Å². The monoisotopic (exact) mass is 288 g/mol. The maximum atomic E-state index is 10.8. The van der Waals surface area contributed by atoms with Gasteiger partial charge in [0.25, 0.3) is 5.69 Å². The Bertz CT molecular complexity index is 612. The number of nitro benzene ring substituents is 1. The van der Waals surface area contributed by atoms with Gasteiger partial charge in [-0.1, -0.05) is 22.8 Å². The standard InChI is InChI=1S/C10H6Cl2N2O4/c11-7-2-1-5(3-8(7)14(16)17)9-6(4-15)10(12)18-13-9/h1-3,15H,4H2. The highest BCUT2D eigenvalue weighted by atomic mass is 35.5. The molecule has 2 aromatic rings. The first-order valence-corrected chi connectivity index (χ1v) is 5.49. The zero-order chi connectivity index (χ0) is 13.3. The molecule has 1 heterocycles. The predicted octanol–water partition coefficient (Wildman–Crippen LogP) is 3.05. The molecule has 0 bridgehead atoms. The zero-order valence-corrected chi connectivity index (χ0v) is 10.3. The highest BCUT2D eigenvalue weighted by Crippen LogP contribution is 2.33. The van der Waals surface area contributed by atoms with E-state index < -0.39 is 4.92 Å². The van der Waals surface area contributed by atoms with Gasteiger partial charge in [0.15, 0.2) is 0 Å². The SMILES string of the molecule is O=[N+]([O-])c1cc(-c2noc(Cl)c2CO)ccc1Cl. The quantitative estimate of drug-likeness (QED) is 0.692. The summed E-state index contributed by atoms with van der Waals surface area (Å²) in [6, 6.07) is 4.15. The average molecular weight is 289 g/mol. The van der Waals surface area contributed by atoms with Crippen LogP contribution < -0.4 is 0 Å². The third-order valence-corrected chi connectivity index (χ3v) is 2.93. The lowest BCUT2D eigenvalue weighted by molar-refractivity contribution is -0.384. The van der Waals surface area contributed by atoms with Crippen molar-refractivity contribution in [3.8, 4) is 11.3 Å². The Hall–Kier alpha value is -1.63. The molecule has 0 spiro atoms. The summed E-state index contributed by atoms with van der Waals surface area (Å²) >= 11 is 11.4. The number of aliphatic hydroxyl groups is 1. The van der Waals surface area contributed by atoms with Gasteiger partial charge in [-0.2, -0.15) is 0 Å². The fourth-order valence-corrected chi connectivity index (χ4v) is 1.82. The smallest absolute Gasteiger partial charge is 0.288 e. The lowest BCUT2D eigenvalue weighted by Crippen LogP contribution is -1.92. The van der Waals surface area contributed by atoms with Crippen molar-refractivity contribution in [1.82, 2.24) is 5.16 Å². The van der Waals surface area contributed by atoms with E-state index in [0.717, 1.165) is 0 Å². The molecule has 2 rings (SSSR count). The number of hydrogen-bond acceptors (Lipinski definition) is 5. The van der Waals surface area contributed by atoms with E-state index in [4.69, 9.17) is 32.8 Å². The topological polar surface area (TPSA) is 89.4 Å². The predicted molar refractivity (Wildman–Crippen MR) is 64.5 cm³/mol. The molecule has 0 aliphatic heterocycles. The number of hydrogen-bond donors (Lipinski definition) is 1. The summed E-state index contributed by atoms with van der Waals surface area (Å²) in [6.07, 6.45) is 0. The second-order valence-electron chi connectivity index (χ2n) is 3.36. The summed E-state index contributed by atoms with van der Waals surface area (Å²) in [5.41, 5.74) is 0.665. The Kier molecular flexibility index (Phi) is 3.51. The van der Waals surface area contributed by atoms with Gasteiger partial charge in [-0.25, -0.2) is 0 Å². The summed E-state index contributed by atoms with van der Waals surface area (Å²) < 4.78 is 4.72. The summed E-state index contributed by atoms with van der Waals surface area (Å²) in [5.74, 6) is 0. The summed E-state index contributed by atoms with van der Waals surface area (Å²) in [6.45, 7) is -0.381. The van der Waals surface area contributed by atoms with Crippen LogP contribution >= 0.6 is 23.2 Å². The van der Waals surface area contributed by atoms with Crippen LogP contribution in [-0.2, 0) is 6.61 Å². The van der Waals surface area contributed by atoms with E-state index in [9.17, 15) is 10.1 Å². The van der Waals surface area contributed by atoms with Gasteiger partial charge in [0, 0.05) is 11.6 Å². The fraction of sp³-hybridized carbons (Fsp3) is 0.100. The number of aliphatic hydroxyl groups excluding tert-OH is 1. The largest absolute Gasteiger partial charge is 0.391 e. The molecule has 0 saturated heterocycles. The molecule has 8 heteroatoms. The number of nitrogens with zero attached hydrogens (tertiary/aromatic N) is 2. The second-order valence-corrected chi connectivity index (χ2v) is 4.12. The van der Waals surface area contributed by atoms with Crippen LogP contribution in [0.5, 0.6) is 0 Å². The van der Waals surface area contributed by atoms with Crippen LogP contribution in [0.4, 0.5) is 5.69 Å². The van der Waals surface area contributed by atoms with E-state index in [1.807, 2.05) is 0 Å². The molecule has 0 aliphatic rings. The third kappa shape index (κ3) is 2.17. The number of benzene rings is 1. The van der Waals surface area contributed by atoms with Crippen molar-refractivity contribution in [3.63, 3.8) is 0 Å². The minimum Gasteiger partial charge on any atom is -0.391 e. The number of halogens is 2. The molecule has 1 N–H and O–H groups in total. The molecule has 0 fully saturated rings. The minimum atomic E-state index is -0.605. The van der Waals surface area contributed by atoms with E-state index in [-0.39, 0.29) is 33.8 Å². The van der Waals surface area contributed by atoms with E-state index in [1.54, 1.807) is 0 Å². The van der Waals surface area contributed by atoms with Gasteiger partial charge >= 0.3 is 0 Å². The van der Waals surface area contributed by atoms with Crippen LogP contribution in [0.2, 0.25) is 10.2 Å². The van der Waals surface area contributed by atoms with Crippen molar-refractivity contribution in [1.29, 1.82) is 0 Å². The summed E-state index contributed by atoms with van der Waals surface area (Å²) in [4.78, 5) is 10.2. The molecule has 0 radical (unpaired) electrons. The van der Waals surface area contributed by atoms with Crippen molar-refractivity contribution in [2.24, 2.45) is 0 Å². The minimum absolute atomic E-state index is 0.0175. The lowest BCUT2D eigenvalue weighted by Gasteiger charge is -2.00. The molecule has 0 atom stereocenters. The van der Waals surface area contributed by atoms with E-state index in [1.165, 1.54) is 18.2 Å². The van der Waals surface area contributed by atoms with Crippen LogP contribution in [-0.4, -0.2) is 15.2 Å². The van der Waals surface area contributed by atoms with Gasteiger partial charge in [0.05, 0.1) is 17.1 Å². The Morgan fingerprint density at radius 3 is 2.78 bits per heavy atom. The van der Waals surface area contributed by atoms with Crippen molar-refractivity contribution in [3.05, 3.63) is 44.1 Å². The highest BCUT2D eigenvalue weighted by molar-refractivity contribution is 6.32. The maximum absolute atomic E-state index is 10.8. The first-order chi connectivity index (χ1) is 8.54. The molecule has 94 valence electrons. The normalized spacial score (nSPS) is 10.6. The first-order valence-electron chi connectivity index (χ1n) is 4.73. The fourth-order valence-electron chi connectivity index (χ4n) is 1.45. The Morgan fingerprint density at radius 2 is 2.17 bits per heavy atom. The summed E-state index contributed by atoms with van der Waals surface area (Å²) in [5, 5.41) is 23.5. The lowest BCUT2D eigenvalue weighted by atomic mass is 10.1. The van der Waals surface area contributed by atoms with Gasteiger partial charge < -0.3 is 9.63 Å². The van der Waals surface area contributed by atoms with Gasteiger partial charge in [-0.3, -0.25) is 10.1 Å². The zero-order valence-electron chi connectivity index (χ0n) is 8.76. The summed E-state index contributed by atoms with van der Waals surface area (Å²) in [7, 11) is 0. The van der Waals surface area contributed by atoms with Gasteiger partial charge in [-0.05, 0) is 17.7 Å². The van der Waals surface area contributed by atoms with Crippen molar-refractivity contribution in [2.75, 3.05) is 0 Å². The van der Waals surface area contributed by atoms with Crippen LogP contribution in [0.3, 0.4) is 0 Å². The molecule has 0 aliphatic carbocycles. The maximum Gasteiger partial charge on any atom is 0.288 e. The average Bonchev–Trinajstić information content (AvgIpc) is 2.70. The Balaban J connectivity index is 2.57. The number of nitro groups is 1. The van der Waals surface area contributed by atoms with Gasteiger partial charge in [-0.15, -0.1) is 0 Å². The Morgan fingerprint density at radius 1 is 1.44 bits per heavy atom. The highest BCUT2D eigenvalue weighted by Gasteiger charge is 2.19. The third-order valence-electron chi connectivity index (χ3n) is 2.31. The van der Waals surface area contributed by atoms with Crippen molar-refractivity contribution >= 4 is 28.9 Å². The Labute approximate surface area is 111 Å². The molecule has 1 aromatic heterocycles. The molecule has 0 amide bonds. The van der Waals surface area contributed by atoms with Crippen LogP contribution in [0.15, 0.2) is 22.7 Å². The number of rotatable bonds is 3. The molecule has 6 nitrogen and oxygen atoms in total. The number of aromatic nitrogens is 1. The molecule has 1 aromatic carbocycles. The van der Waals surface area contributed by atoms with E-state index in [0.29, 0.717) is 5.56 Å². The van der Waals surface area contributed by atoms with Gasteiger partial charge in [0.1, 0.15) is 10.7 Å². The van der Waals surface area contributed by atoms with Crippen LogP contribution in [0.1, 0.15) is 5.56 Å². The molecule has 0 saturated carbocycles. The molecule has 0 unspecified atom stereocenters.